The van der Waals surface area contributed by atoms with Crippen LogP contribution < -0.4 is 16.6 Å². The van der Waals surface area contributed by atoms with Crippen molar-refractivity contribution in [3.8, 4) is 16.8 Å². The van der Waals surface area contributed by atoms with E-state index in [4.69, 9.17) is 22.3 Å². The predicted molar refractivity (Wildman–Crippen MR) is 147 cm³/mol. The number of halogens is 1. The molecule has 1 atom stereocenters. The Labute approximate surface area is 223 Å². The first kappa shape index (κ1) is 25.3. The summed E-state index contributed by atoms with van der Waals surface area (Å²) in [6, 6.07) is 15.1. The van der Waals surface area contributed by atoms with Crippen molar-refractivity contribution in [2.45, 2.75) is 17.9 Å². The summed E-state index contributed by atoms with van der Waals surface area (Å²) < 4.78 is 25.7. The van der Waals surface area contributed by atoms with Gasteiger partial charge in [0.2, 0.25) is 5.95 Å². The van der Waals surface area contributed by atoms with Crippen molar-refractivity contribution in [1.29, 1.82) is 0 Å². The van der Waals surface area contributed by atoms with Crippen molar-refractivity contribution < 1.29 is 8.42 Å². The molecule has 1 unspecified atom stereocenters. The van der Waals surface area contributed by atoms with Crippen LogP contribution in [0, 0.1) is 0 Å². The minimum Gasteiger partial charge on any atom is -0.368 e. The first-order valence-electron chi connectivity index (χ1n) is 11.4. The lowest BCUT2D eigenvalue weighted by molar-refractivity contribution is 0.601. The second kappa shape index (κ2) is 9.84. The highest BCUT2D eigenvalue weighted by atomic mass is 35.5. The zero-order chi connectivity index (χ0) is 27.0. The quantitative estimate of drug-likeness (QED) is 0.321. The lowest BCUT2D eigenvalue weighted by Crippen LogP contribution is -2.27. The third-order valence-corrected chi connectivity index (χ3v) is 7.28. The number of nitrogens with two attached hydrogens (primary N) is 1. The van der Waals surface area contributed by atoms with Crippen LogP contribution in [-0.4, -0.2) is 39.2 Å². The van der Waals surface area contributed by atoms with Crippen LogP contribution in [0.3, 0.4) is 0 Å². The summed E-state index contributed by atoms with van der Waals surface area (Å²) >= 11 is 6.39. The van der Waals surface area contributed by atoms with Crippen LogP contribution in [0.15, 0.2) is 82.9 Å². The van der Waals surface area contributed by atoms with Gasteiger partial charge in [-0.05, 0) is 37.3 Å². The smallest absolute Gasteiger partial charge is 0.267 e. The molecular formula is C26H22ClN7O3S. The Kier molecular flexibility index (Phi) is 6.55. The van der Waals surface area contributed by atoms with Gasteiger partial charge in [0.1, 0.15) is 11.6 Å². The number of hydrogen-bond acceptors (Lipinski definition) is 9. The van der Waals surface area contributed by atoms with Crippen LogP contribution in [-0.2, 0) is 9.84 Å². The van der Waals surface area contributed by atoms with Crippen molar-refractivity contribution in [2.24, 2.45) is 0 Å². The number of para-hydroxylation sites is 1. The van der Waals surface area contributed by atoms with Gasteiger partial charge in [-0.15, -0.1) is 0 Å². The fraction of sp³-hybridized carbons (Fsp3) is 0.115. The first-order valence-corrected chi connectivity index (χ1v) is 13.7. The monoisotopic (exact) mass is 547 g/mol. The molecule has 0 aliphatic rings. The van der Waals surface area contributed by atoms with Gasteiger partial charge in [0, 0.05) is 36.0 Å². The van der Waals surface area contributed by atoms with Crippen molar-refractivity contribution in [3.63, 3.8) is 0 Å². The molecule has 38 heavy (non-hydrogen) atoms. The van der Waals surface area contributed by atoms with Crippen molar-refractivity contribution in [3.05, 3.63) is 94.4 Å². The van der Waals surface area contributed by atoms with Crippen LogP contribution in [0.1, 0.15) is 18.8 Å². The van der Waals surface area contributed by atoms with Gasteiger partial charge in [-0.3, -0.25) is 14.3 Å². The first-order chi connectivity index (χ1) is 18.1. The van der Waals surface area contributed by atoms with E-state index < -0.39 is 15.9 Å². The summed E-state index contributed by atoms with van der Waals surface area (Å²) in [5.41, 5.74) is 7.59. The molecule has 3 N–H and O–H groups in total. The highest BCUT2D eigenvalue weighted by Crippen LogP contribution is 2.31. The zero-order valence-electron chi connectivity index (χ0n) is 20.3. The van der Waals surface area contributed by atoms with E-state index in [2.05, 4.69) is 20.3 Å². The second-order valence-corrected chi connectivity index (χ2v) is 11.0. The van der Waals surface area contributed by atoms with Gasteiger partial charge >= 0.3 is 0 Å². The number of anilines is 2. The van der Waals surface area contributed by atoms with Gasteiger partial charge in [-0.2, -0.15) is 4.98 Å². The number of pyridine rings is 1. The van der Waals surface area contributed by atoms with E-state index in [1.165, 1.54) is 29.2 Å². The number of nitrogens with zero attached hydrogens (tertiary/aromatic N) is 5. The van der Waals surface area contributed by atoms with Crippen LogP contribution in [0.2, 0.25) is 5.02 Å². The number of aromatic nitrogens is 5. The number of rotatable bonds is 6. The van der Waals surface area contributed by atoms with Crippen LogP contribution in [0.5, 0.6) is 0 Å². The summed E-state index contributed by atoms with van der Waals surface area (Å²) in [5, 5.41) is 3.89. The maximum atomic E-state index is 13.7. The highest BCUT2D eigenvalue weighted by Gasteiger charge is 2.21. The number of nitrogen functional groups attached to an aromatic ring is 1. The molecule has 3 aromatic heterocycles. The van der Waals surface area contributed by atoms with E-state index >= 15 is 0 Å². The molecule has 5 rings (SSSR count). The fourth-order valence-corrected chi connectivity index (χ4v) is 4.92. The highest BCUT2D eigenvalue weighted by molar-refractivity contribution is 7.90. The van der Waals surface area contributed by atoms with E-state index in [1.807, 2.05) is 25.1 Å². The van der Waals surface area contributed by atoms with Crippen LogP contribution in [0.25, 0.3) is 27.7 Å². The van der Waals surface area contributed by atoms with E-state index in [0.29, 0.717) is 44.4 Å². The zero-order valence-corrected chi connectivity index (χ0v) is 21.9. The summed E-state index contributed by atoms with van der Waals surface area (Å²) in [6.45, 7) is 1.82. The number of hydrogen-bond donors (Lipinski definition) is 2. The Hall–Kier alpha value is -4.35. The Morgan fingerprint density at radius 1 is 1.03 bits per heavy atom. The molecule has 0 radical (unpaired) electrons. The minimum atomic E-state index is -3.49. The number of fused-ring (bicyclic) bond motifs is 1. The molecule has 0 spiro atoms. The van der Waals surface area contributed by atoms with Gasteiger partial charge in [0.25, 0.3) is 5.56 Å². The van der Waals surface area contributed by atoms with Gasteiger partial charge in [0.15, 0.2) is 9.84 Å². The van der Waals surface area contributed by atoms with Crippen molar-refractivity contribution in [1.82, 2.24) is 24.5 Å². The number of sulfone groups is 1. The molecule has 10 nitrogen and oxygen atoms in total. The second-order valence-electron chi connectivity index (χ2n) is 8.62. The normalized spacial score (nSPS) is 12.4. The third kappa shape index (κ3) is 4.81. The minimum absolute atomic E-state index is 0.00868. The van der Waals surface area contributed by atoms with Gasteiger partial charge in [0.05, 0.1) is 32.6 Å². The Balaban J connectivity index is 1.66. The Morgan fingerprint density at radius 2 is 1.79 bits per heavy atom. The number of benzene rings is 2. The summed E-state index contributed by atoms with van der Waals surface area (Å²) in [6.07, 6.45) is 5.37. The summed E-state index contributed by atoms with van der Waals surface area (Å²) in [7, 11) is -3.49. The van der Waals surface area contributed by atoms with Gasteiger partial charge < -0.3 is 11.1 Å². The SMILES string of the molecule is CC(Nc1nc(N)ncc1-c1cncc(S(C)(=O)=O)c1)c1nc2cccc(Cl)c2c(=O)n1-c1ccccc1. The molecule has 3 heterocycles. The fourth-order valence-electron chi connectivity index (χ4n) is 4.08. The average molecular weight is 548 g/mol. The molecule has 0 bridgehead atoms. The lowest BCUT2D eigenvalue weighted by Gasteiger charge is -2.21. The Morgan fingerprint density at radius 3 is 2.53 bits per heavy atom. The summed E-state index contributed by atoms with van der Waals surface area (Å²) in [5.74, 6) is 0.731. The Bertz CT molecular complexity index is 1840. The number of nitrogens with one attached hydrogen (secondary N) is 1. The molecule has 2 aromatic carbocycles. The molecule has 0 saturated carbocycles. The average Bonchev–Trinajstić information content (AvgIpc) is 2.88. The maximum Gasteiger partial charge on any atom is 0.267 e. The molecule has 5 aromatic rings. The molecule has 0 amide bonds. The van der Waals surface area contributed by atoms with E-state index in [1.54, 1.807) is 30.3 Å². The standard InChI is InChI=1S/C26H22ClN7O3S/c1-15(31-23-19(14-30-26(28)33-23)16-11-18(13-29-12-16)38(2,36)37)24-32-21-10-6-9-20(27)22(21)25(35)34(24)17-7-4-3-5-8-17/h3-15H,1-2H3,(H3,28,30,31,33). The van der Waals surface area contributed by atoms with E-state index in [9.17, 15) is 13.2 Å². The molecule has 0 aliphatic heterocycles. The van der Waals surface area contributed by atoms with Crippen molar-refractivity contribution >= 4 is 44.1 Å². The molecule has 0 fully saturated rings. The summed E-state index contributed by atoms with van der Waals surface area (Å²) in [4.78, 5) is 31.0. The van der Waals surface area contributed by atoms with Crippen molar-refractivity contribution in [2.75, 3.05) is 17.3 Å². The van der Waals surface area contributed by atoms with E-state index in [0.717, 1.165) is 6.26 Å². The molecule has 192 valence electrons. The topological polar surface area (TPSA) is 146 Å². The van der Waals surface area contributed by atoms with Crippen LogP contribution in [0.4, 0.5) is 11.8 Å². The van der Waals surface area contributed by atoms with E-state index in [-0.39, 0.29) is 16.4 Å². The molecular weight excluding hydrogens is 526 g/mol. The maximum absolute atomic E-state index is 13.7. The molecule has 0 saturated heterocycles. The molecule has 0 aliphatic carbocycles. The van der Waals surface area contributed by atoms with Gasteiger partial charge in [-0.1, -0.05) is 35.9 Å². The largest absolute Gasteiger partial charge is 0.368 e. The molecule has 12 heteroatoms. The van der Waals surface area contributed by atoms with Gasteiger partial charge in [-0.25, -0.2) is 18.4 Å². The lowest BCUT2D eigenvalue weighted by atomic mass is 10.1. The van der Waals surface area contributed by atoms with Crippen LogP contribution >= 0.6 is 11.6 Å². The predicted octanol–water partition coefficient (Wildman–Crippen LogP) is 4.05. The third-order valence-electron chi connectivity index (χ3n) is 5.89.